The molecule has 6 heteroatoms. The average Bonchev–Trinajstić information content (AvgIpc) is 2.97. The Labute approximate surface area is 114 Å². The molecule has 0 aliphatic carbocycles. The summed E-state index contributed by atoms with van der Waals surface area (Å²) < 4.78 is 46.0. The van der Waals surface area contributed by atoms with Gasteiger partial charge in [-0.3, -0.25) is 4.79 Å². The van der Waals surface area contributed by atoms with Crippen LogP contribution in [0.25, 0.3) is 0 Å². The molecule has 1 saturated heterocycles. The zero-order valence-corrected chi connectivity index (χ0v) is 10.8. The first-order valence-corrected chi connectivity index (χ1v) is 6.69. The van der Waals surface area contributed by atoms with E-state index < -0.39 is 23.6 Å². The van der Waals surface area contributed by atoms with Gasteiger partial charge in [0.25, 0.3) is 5.91 Å². The van der Waals surface area contributed by atoms with Gasteiger partial charge in [0, 0.05) is 13.2 Å². The number of halogens is 3. The van der Waals surface area contributed by atoms with Crippen LogP contribution in [0.2, 0.25) is 0 Å². The van der Waals surface area contributed by atoms with Crippen LogP contribution in [0.15, 0.2) is 6.07 Å². The second kappa shape index (κ2) is 5.09. The molecule has 0 radical (unpaired) electrons. The number of hydrogen-bond acceptors (Lipinski definition) is 2. The number of carbonyl (C=O) groups excluding carboxylic acids is 1. The number of amides is 1. The molecule has 0 bridgehead atoms. The fraction of sp³-hybridized carbons (Fsp3) is 0.500. The summed E-state index contributed by atoms with van der Waals surface area (Å²) in [4.78, 5) is 13.5. The maximum Gasteiger partial charge on any atom is 0.256 e. The van der Waals surface area contributed by atoms with Crippen LogP contribution >= 0.6 is 0 Å². The molecule has 2 aliphatic rings. The molecule has 3 rings (SSSR count). The lowest BCUT2D eigenvalue weighted by Crippen LogP contribution is -2.42. The van der Waals surface area contributed by atoms with E-state index in [9.17, 15) is 18.0 Å². The third-order valence-electron chi connectivity index (χ3n) is 3.78. The van der Waals surface area contributed by atoms with Crippen LogP contribution in [-0.2, 0) is 16.0 Å². The van der Waals surface area contributed by atoms with Crippen molar-refractivity contribution in [2.75, 3.05) is 18.1 Å². The van der Waals surface area contributed by atoms with Gasteiger partial charge in [-0.2, -0.15) is 0 Å². The number of aryl methyl sites for hydroxylation is 1. The number of anilines is 1. The van der Waals surface area contributed by atoms with Crippen LogP contribution in [0, 0.1) is 17.5 Å². The van der Waals surface area contributed by atoms with E-state index >= 15 is 0 Å². The quantitative estimate of drug-likeness (QED) is 0.742. The lowest BCUT2D eigenvalue weighted by atomic mass is 10.00. The number of ether oxygens (including phenoxy) is 1. The van der Waals surface area contributed by atoms with Gasteiger partial charge in [0.2, 0.25) is 0 Å². The molecule has 1 aromatic carbocycles. The topological polar surface area (TPSA) is 29.5 Å². The average molecular weight is 285 g/mol. The van der Waals surface area contributed by atoms with E-state index in [1.54, 1.807) is 0 Å². The predicted octanol–water partition coefficient (Wildman–Crippen LogP) is 2.56. The Bertz CT molecular complexity index is 556. The molecule has 108 valence electrons. The smallest absolute Gasteiger partial charge is 0.256 e. The van der Waals surface area contributed by atoms with Crippen LogP contribution in [-0.4, -0.2) is 25.2 Å². The third-order valence-corrected chi connectivity index (χ3v) is 3.78. The van der Waals surface area contributed by atoms with E-state index in [4.69, 9.17) is 4.74 Å². The normalized spacial score (nSPS) is 21.9. The molecule has 0 aromatic heterocycles. The van der Waals surface area contributed by atoms with Crippen molar-refractivity contribution in [1.29, 1.82) is 0 Å². The Morgan fingerprint density at radius 1 is 1.25 bits per heavy atom. The fourth-order valence-corrected chi connectivity index (χ4v) is 2.82. The molecule has 1 aromatic rings. The van der Waals surface area contributed by atoms with Gasteiger partial charge in [-0.05, 0) is 37.3 Å². The fourth-order valence-electron chi connectivity index (χ4n) is 2.82. The van der Waals surface area contributed by atoms with Crippen molar-refractivity contribution in [3.63, 3.8) is 0 Å². The van der Waals surface area contributed by atoms with Gasteiger partial charge in [-0.15, -0.1) is 0 Å². The lowest BCUT2D eigenvalue weighted by molar-refractivity contribution is -0.127. The Morgan fingerprint density at radius 2 is 2.05 bits per heavy atom. The molecule has 1 amide bonds. The van der Waals surface area contributed by atoms with Crippen molar-refractivity contribution < 1.29 is 22.7 Å². The molecule has 0 saturated carbocycles. The molecule has 1 atom stereocenters. The Morgan fingerprint density at radius 3 is 2.75 bits per heavy atom. The van der Waals surface area contributed by atoms with Crippen molar-refractivity contribution in [1.82, 2.24) is 0 Å². The van der Waals surface area contributed by atoms with Gasteiger partial charge in [0.15, 0.2) is 17.5 Å². The highest BCUT2D eigenvalue weighted by Crippen LogP contribution is 2.34. The Hall–Kier alpha value is -1.56. The third kappa shape index (κ3) is 2.08. The van der Waals surface area contributed by atoms with Crippen molar-refractivity contribution in [2.24, 2.45) is 0 Å². The molecule has 0 N–H and O–H groups in total. The van der Waals surface area contributed by atoms with Crippen LogP contribution < -0.4 is 4.90 Å². The summed E-state index contributed by atoms with van der Waals surface area (Å²) in [6.45, 7) is 0.797. The van der Waals surface area contributed by atoms with Gasteiger partial charge >= 0.3 is 0 Å². The SMILES string of the molecule is O=C([C@H]1CCCO1)N1CCCc2cc(F)c(F)c(F)c21. The summed E-state index contributed by atoms with van der Waals surface area (Å²) in [5.74, 6) is -4.40. The van der Waals surface area contributed by atoms with Crippen LogP contribution in [0.5, 0.6) is 0 Å². The highest BCUT2D eigenvalue weighted by molar-refractivity contribution is 5.98. The molecule has 3 nitrogen and oxygen atoms in total. The van der Waals surface area contributed by atoms with Crippen molar-refractivity contribution in [2.45, 2.75) is 31.8 Å². The summed E-state index contributed by atoms with van der Waals surface area (Å²) in [6.07, 6.45) is 1.77. The van der Waals surface area contributed by atoms with Gasteiger partial charge < -0.3 is 9.64 Å². The number of carbonyl (C=O) groups is 1. The summed E-state index contributed by atoms with van der Waals surface area (Å²) in [5, 5.41) is 0. The monoisotopic (exact) mass is 285 g/mol. The molecule has 0 spiro atoms. The summed E-state index contributed by atoms with van der Waals surface area (Å²) in [5.41, 5.74) is 0.203. The first-order chi connectivity index (χ1) is 9.59. The van der Waals surface area contributed by atoms with Crippen LogP contribution in [0.3, 0.4) is 0 Å². The Balaban J connectivity index is 2.01. The van der Waals surface area contributed by atoms with E-state index in [0.717, 1.165) is 12.5 Å². The second-order valence-electron chi connectivity index (χ2n) is 5.09. The number of rotatable bonds is 1. The standard InChI is InChI=1S/C14H14F3NO2/c15-9-7-8-3-1-5-18(13(8)12(17)11(9)16)14(19)10-4-2-6-20-10/h7,10H,1-6H2/t10-/m1/s1. The first kappa shape index (κ1) is 13.4. The van der Waals surface area contributed by atoms with Crippen LogP contribution in [0.1, 0.15) is 24.8 Å². The zero-order chi connectivity index (χ0) is 14.3. The van der Waals surface area contributed by atoms with E-state index in [-0.39, 0.29) is 11.6 Å². The van der Waals surface area contributed by atoms with E-state index in [0.29, 0.717) is 38.0 Å². The molecule has 2 heterocycles. The Kier molecular flexibility index (Phi) is 3.41. The zero-order valence-electron chi connectivity index (χ0n) is 10.8. The van der Waals surface area contributed by atoms with Gasteiger partial charge in [-0.25, -0.2) is 13.2 Å². The van der Waals surface area contributed by atoms with Gasteiger partial charge in [0.05, 0.1) is 5.69 Å². The first-order valence-electron chi connectivity index (χ1n) is 6.69. The molecule has 2 aliphatic heterocycles. The van der Waals surface area contributed by atoms with E-state index in [1.165, 1.54) is 4.90 Å². The predicted molar refractivity (Wildman–Crippen MR) is 66.0 cm³/mol. The summed E-state index contributed by atoms with van der Waals surface area (Å²) >= 11 is 0. The van der Waals surface area contributed by atoms with E-state index in [2.05, 4.69) is 0 Å². The minimum Gasteiger partial charge on any atom is -0.368 e. The number of benzene rings is 1. The maximum absolute atomic E-state index is 14.0. The second-order valence-corrected chi connectivity index (χ2v) is 5.09. The lowest BCUT2D eigenvalue weighted by Gasteiger charge is -2.31. The largest absolute Gasteiger partial charge is 0.368 e. The minimum atomic E-state index is -1.53. The highest BCUT2D eigenvalue weighted by atomic mass is 19.2. The highest BCUT2D eigenvalue weighted by Gasteiger charge is 2.34. The summed E-state index contributed by atoms with van der Waals surface area (Å²) in [6, 6.07) is 0.975. The molecular formula is C14H14F3NO2. The van der Waals surface area contributed by atoms with Crippen LogP contribution in [0.4, 0.5) is 18.9 Å². The molecule has 0 unspecified atom stereocenters. The van der Waals surface area contributed by atoms with E-state index in [1.807, 2.05) is 0 Å². The summed E-state index contributed by atoms with van der Waals surface area (Å²) in [7, 11) is 0. The molecular weight excluding hydrogens is 271 g/mol. The molecule has 1 fully saturated rings. The number of nitrogens with zero attached hydrogens (tertiary/aromatic N) is 1. The van der Waals surface area contributed by atoms with Crippen molar-refractivity contribution >= 4 is 11.6 Å². The molecule has 20 heavy (non-hydrogen) atoms. The van der Waals surface area contributed by atoms with Crippen molar-refractivity contribution in [3.8, 4) is 0 Å². The minimum absolute atomic E-state index is 0.129. The number of fused-ring (bicyclic) bond motifs is 1. The maximum atomic E-state index is 14.0. The van der Waals surface area contributed by atoms with Crippen molar-refractivity contribution in [3.05, 3.63) is 29.1 Å². The van der Waals surface area contributed by atoms with Gasteiger partial charge in [0.1, 0.15) is 6.10 Å². The van der Waals surface area contributed by atoms with Gasteiger partial charge in [-0.1, -0.05) is 0 Å². The number of hydrogen-bond donors (Lipinski definition) is 0.